The summed E-state index contributed by atoms with van der Waals surface area (Å²) in [5.41, 5.74) is 0. The molecule has 0 saturated carbocycles. The number of hydrogen-bond donors (Lipinski definition) is 0. The summed E-state index contributed by atoms with van der Waals surface area (Å²) >= 11 is 0. The summed E-state index contributed by atoms with van der Waals surface area (Å²) in [6.07, 6.45) is 0. The third kappa shape index (κ3) is 8.82. The molecule has 0 rings (SSSR count). The van der Waals surface area contributed by atoms with Crippen molar-refractivity contribution in [2.75, 3.05) is 0 Å². The van der Waals surface area contributed by atoms with Gasteiger partial charge in [-0.25, -0.2) is 0 Å². The Morgan fingerprint density at radius 1 is 1.00 bits per heavy atom. The van der Waals surface area contributed by atoms with Crippen molar-refractivity contribution in [3.63, 3.8) is 0 Å². The van der Waals surface area contributed by atoms with E-state index in [2.05, 4.69) is 0 Å². The van der Waals surface area contributed by atoms with Crippen LogP contribution >= 0.6 is 13.5 Å². The van der Waals surface area contributed by atoms with Crippen LogP contribution in [0.3, 0.4) is 0 Å². The molecule has 0 aliphatic carbocycles. The molecule has 0 aliphatic heterocycles. The molecule has 0 spiro atoms. The zero-order valence-electron chi connectivity index (χ0n) is 2.22. The van der Waals surface area contributed by atoms with Gasteiger partial charge in [0.05, 0.1) is 0 Å². The molecular formula is H8BiCuSSb. The van der Waals surface area contributed by atoms with Crippen LogP contribution in [0.15, 0.2) is 0 Å². The number of rotatable bonds is 0. The maximum absolute atomic E-state index is 0. The SMILES string of the molecule is S.[BiH3].[Cu].[SbH3]. The van der Waals surface area contributed by atoms with Crippen LogP contribution in [-0.4, -0.2) is 50.6 Å². The van der Waals surface area contributed by atoms with Crippen LogP contribution in [0, 0.1) is 0 Å². The van der Waals surface area contributed by atoms with Gasteiger partial charge in [0.15, 0.2) is 0 Å². The van der Waals surface area contributed by atoms with E-state index < -0.39 is 0 Å². The van der Waals surface area contributed by atoms with Crippen LogP contribution in [0.2, 0.25) is 0 Å². The van der Waals surface area contributed by atoms with Gasteiger partial charge in [-0.3, -0.25) is 0 Å². The Labute approximate surface area is 80.0 Å². The van der Waals surface area contributed by atoms with E-state index in [4.69, 9.17) is 0 Å². The molecular weight excluding hydrogens is 426 g/mol. The first-order valence-electron chi connectivity index (χ1n) is 0. The molecule has 4 heavy (non-hydrogen) atoms. The van der Waals surface area contributed by atoms with Gasteiger partial charge in [-0.15, -0.1) is 0 Å². The van der Waals surface area contributed by atoms with Crippen LogP contribution in [0.4, 0.5) is 0 Å². The molecule has 0 aromatic rings. The summed E-state index contributed by atoms with van der Waals surface area (Å²) in [5.74, 6) is 0. The third-order valence-corrected chi connectivity index (χ3v) is 0. The predicted octanol–water partition coefficient (Wildman–Crippen LogP) is -2.26. The van der Waals surface area contributed by atoms with Gasteiger partial charge in [-0.2, -0.15) is 13.5 Å². The van der Waals surface area contributed by atoms with Gasteiger partial charge < -0.3 is 0 Å². The second-order valence-corrected chi connectivity index (χ2v) is 0. The van der Waals surface area contributed by atoms with E-state index in [1.165, 1.54) is 0 Å². The fourth-order valence-electron chi connectivity index (χ4n) is 0. The summed E-state index contributed by atoms with van der Waals surface area (Å²) in [6, 6.07) is 0. The van der Waals surface area contributed by atoms with Crippen molar-refractivity contribution in [1.82, 2.24) is 0 Å². The van der Waals surface area contributed by atoms with E-state index in [1.807, 2.05) is 0 Å². The Kier molecular flexibility index (Phi) is 136. The van der Waals surface area contributed by atoms with Gasteiger partial charge >= 0.3 is 50.6 Å². The Bertz CT molecular complexity index is 8.00. The number of hydrogen-bond acceptors (Lipinski definition) is 0. The molecule has 1 radical (unpaired) electrons. The first-order chi connectivity index (χ1) is 0. The van der Waals surface area contributed by atoms with Crippen molar-refractivity contribution >= 4 is 64.1 Å². The topological polar surface area (TPSA) is 0 Å². The Balaban J connectivity index is 0. The molecule has 0 fully saturated rings. The molecule has 0 atom stereocenters. The molecule has 35 valence electrons. The first-order valence-corrected chi connectivity index (χ1v) is 0. The van der Waals surface area contributed by atoms with Crippen LogP contribution < -0.4 is 0 Å². The van der Waals surface area contributed by atoms with Crippen molar-refractivity contribution in [1.29, 1.82) is 0 Å². The summed E-state index contributed by atoms with van der Waals surface area (Å²) < 4.78 is 0. The molecule has 0 unspecified atom stereocenters. The van der Waals surface area contributed by atoms with Gasteiger partial charge in [0.2, 0.25) is 0 Å². The molecule has 0 bridgehead atoms. The summed E-state index contributed by atoms with van der Waals surface area (Å²) in [7, 11) is 0. The molecule has 0 aliphatic rings. The fraction of sp³-hybridized carbons (Fsp3) is 0. The molecule has 0 heterocycles. The zero-order chi connectivity index (χ0) is 0. The Hall–Kier alpha value is 2.57. The first kappa shape index (κ1) is 30.9. The van der Waals surface area contributed by atoms with E-state index in [1.54, 1.807) is 0 Å². The molecule has 0 N–H and O–H groups in total. The van der Waals surface area contributed by atoms with E-state index in [-0.39, 0.29) is 81.2 Å². The summed E-state index contributed by atoms with van der Waals surface area (Å²) in [4.78, 5) is 0. The molecule has 0 aromatic carbocycles. The third-order valence-electron chi connectivity index (χ3n) is 0. The Morgan fingerprint density at radius 3 is 1.00 bits per heavy atom. The minimum absolute atomic E-state index is 0. The van der Waals surface area contributed by atoms with Crippen molar-refractivity contribution in [3.8, 4) is 0 Å². The van der Waals surface area contributed by atoms with Gasteiger partial charge in [0.25, 0.3) is 0 Å². The van der Waals surface area contributed by atoms with Crippen molar-refractivity contribution in [2.45, 2.75) is 0 Å². The Morgan fingerprint density at radius 2 is 1.00 bits per heavy atom. The molecule has 4 heteroatoms. The second-order valence-electron chi connectivity index (χ2n) is 0. The quantitative estimate of drug-likeness (QED) is 0.378. The van der Waals surface area contributed by atoms with Crippen LogP contribution in [0.5, 0.6) is 0 Å². The normalized spacial score (nSPS) is 0. The van der Waals surface area contributed by atoms with E-state index in [0.29, 0.717) is 0 Å². The molecule has 0 aromatic heterocycles. The average Bonchev–Trinajstić information content (AvgIpc) is 0. The van der Waals surface area contributed by atoms with Crippen molar-refractivity contribution in [2.24, 2.45) is 0 Å². The minimum atomic E-state index is 0. The fourth-order valence-corrected chi connectivity index (χ4v) is 0. The maximum atomic E-state index is 0. The van der Waals surface area contributed by atoms with Crippen LogP contribution in [0.25, 0.3) is 0 Å². The van der Waals surface area contributed by atoms with E-state index in [0.717, 1.165) is 0 Å². The van der Waals surface area contributed by atoms with Crippen LogP contribution in [-0.2, 0) is 17.1 Å². The monoisotopic (exact) mass is 433 g/mol. The van der Waals surface area contributed by atoms with Gasteiger partial charge in [-0.1, -0.05) is 0 Å². The van der Waals surface area contributed by atoms with E-state index in [9.17, 15) is 0 Å². The predicted molar refractivity (Wildman–Crippen MR) is 30.3 cm³/mol. The summed E-state index contributed by atoms with van der Waals surface area (Å²) in [5, 5.41) is 0. The zero-order valence-corrected chi connectivity index (χ0v) is 13.7. The van der Waals surface area contributed by atoms with Crippen molar-refractivity contribution < 1.29 is 17.1 Å². The molecule has 0 amide bonds. The van der Waals surface area contributed by atoms with Crippen LogP contribution in [0.1, 0.15) is 0 Å². The van der Waals surface area contributed by atoms with Gasteiger partial charge in [0.1, 0.15) is 0 Å². The second kappa shape index (κ2) is 17.6. The average molecular weight is 434 g/mol. The summed E-state index contributed by atoms with van der Waals surface area (Å²) in [6.45, 7) is 0. The molecule has 0 nitrogen and oxygen atoms in total. The van der Waals surface area contributed by atoms with Crippen molar-refractivity contribution in [3.05, 3.63) is 0 Å². The van der Waals surface area contributed by atoms with E-state index >= 15 is 0 Å². The molecule has 0 saturated heterocycles. The van der Waals surface area contributed by atoms with Gasteiger partial charge in [0, 0.05) is 17.1 Å². The van der Waals surface area contributed by atoms with Gasteiger partial charge in [-0.05, 0) is 0 Å². The standard InChI is InChI=1S/Bi.Cu.H2S.Sb.6H/h;;1H2;;;;;;;.